The number of guanidine groups is 1. The van der Waals surface area contributed by atoms with Crippen molar-refractivity contribution in [1.29, 1.82) is 0 Å². The van der Waals surface area contributed by atoms with Crippen molar-refractivity contribution in [2.45, 2.75) is 13.0 Å². The van der Waals surface area contributed by atoms with Crippen molar-refractivity contribution in [1.82, 2.24) is 15.6 Å². The van der Waals surface area contributed by atoms with Gasteiger partial charge in [-0.05, 0) is 29.8 Å². The van der Waals surface area contributed by atoms with Gasteiger partial charge in [-0.1, -0.05) is 30.4 Å². The van der Waals surface area contributed by atoms with E-state index in [1.807, 2.05) is 24.4 Å². The molecule has 1 aromatic carbocycles. The Morgan fingerprint density at radius 1 is 1.12 bits per heavy atom. The molecule has 0 fully saturated rings. The van der Waals surface area contributed by atoms with Gasteiger partial charge in [0.1, 0.15) is 0 Å². The summed E-state index contributed by atoms with van der Waals surface area (Å²) in [4.78, 5) is 11.0. The Labute approximate surface area is 172 Å². The SMILES string of the molecule is CN=C(NCCc1ccccn1)NCc1cccc(N2CC=CC2)c1.I. The van der Waals surface area contributed by atoms with Crippen LogP contribution < -0.4 is 15.5 Å². The van der Waals surface area contributed by atoms with Crippen molar-refractivity contribution in [2.75, 3.05) is 31.6 Å². The number of rotatable bonds is 6. The molecule has 26 heavy (non-hydrogen) atoms. The molecule has 2 N–H and O–H groups in total. The van der Waals surface area contributed by atoms with Crippen molar-refractivity contribution in [2.24, 2.45) is 4.99 Å². The van der Waals surface area contributed by atoms with Gasteiger partial charge in [0.05, 0.1) is 0 Å². The minimum atomic E-state index is 0. The van der Waals surface area contributed by atoms with Crippen LogP contribution in [0.5, 0.6) is 0 Å². The lowest BCUT2D eigenvalue weighted by Crippen LogP contribution is -2.37. The number of nitrogens with one attached hydrogen (secondary N) is 2. The largest absolute Gasteiger partial charge is 0.364 e. The van der Waals surface area contributed by atoms with E-state index in [1.54, 1.807) is 7.05 Å². The highest BCUT2D eigenvalue weighted by atomic mass is 127. The average Bonchev–Trinajstić information content (AvgIpc) is 3.20. The predicted molar refractivity (Wildman–Crippen MR) is 119 cm³/mol. The lowest BCUT2D eigenvalue weighted by Gasteiger charge is -2.19. The van der Waals surface area contributed by atoms with Gasteiger partial charge < -0.3 is 15.5 Å². The second kappa shape index (κ2) is 10.8. The van der Waals surface area contributed by atoms with Crippen LogP contribution in [-0.4, -0.2) is 37.6 Å². The third-order valence-electron chi connectivity index (χ3n) is 4.18. The van der Waals surface area contributed by atoms with Gasteiger partial charge in [0, 0.05) is 57.2 Å². The molecular formula is C20H26IN5. The first-order valence-corrected chi connectivity index (χ1v) is 8.68. The molecule has 0 radical (unpaired) electrons. The number of nitrogens with zero attached hydrogens (tertiary/aromatic N) is 3. The van der Waals surface area contributed by atoms with Crippen LogP contribution in [0.2, 0.25) is 0 Å². The van der Waals surface area contributed by atoms with E-state index in [0.717, 1.165) is 44.3 Å². The molecule has 2 heterocycles. The van der Waals surface area contributed by atoms with Crippen molar-refractivity contribution in [3.05, 3.63) is 72.1 Å². The number of benzene rings is 1. The first-order valence-electron chi connectivity index (χ1n) is 8.68. The van der Waals surface area contributed by atoms with Crippen molar-refractivity contribution in [3.8, 4) is 0 Å². The molecule has 1 aliphatic rings. The average molecular weight is 463 g/mol. The Morgan fingerprint density at radius 2 is 1.96 bits per heavy atom. The number of aliphatic imine (C=N–C) groups is 1. The van der Waals surface area contributed by atoms with E-state index in [4.69, 9.17) is 0 Å². The molecule has 0 bridgehead atoms. The smallest absolute Gasteiger partial charge is 0.191 e. The molecular weight excluding hydrogens is 437 g/mol. The third-order valence-corrected chi connectivity index (χ3v) is 4.18. The normalized spacial score (nSPS) is 13.4. The van der Waals surface area contributed by atoms with Crippen LogP contribution in [0.1, 0.15) is 11.3 Å². The van der Waals surface area contributed by atoms with Crippen LogP contribution in [0.25, 0.3) is 0 Å². The Balaban J connectivity index is 0.00000243. The number of hydrogen-bond acceptors (Lipinski definition) is 3. The zero-order valence-corrected chi connectivity index (χ0v) is 17.4. The molecule has 0 aliphatic carbocycles. The predicted octanol–water partition coefficient (Wildman–Crippen LogP) is 2.98. The van der Waals surface area contributed by atoms with Crippen molar-refractivity contribution >= 4 is 35.6 Å². The van der Waals surface area contributed by atoms with Gasteiger partial charge in [0.25, 0.3) is 0 Å². The maximum absolute atomic E-state index is 4.33. The van der Waals surface area contributed by atoms with Gasteiger partial charge in [-0.25, -0.2) is 0 Å². The fourth-order valence-electron chi connectivity index (χ4n) is 2.81. The first kappa shape index (κ1) is 20.2. The summed E-state index contributed by atoms with van der Waals surface area (Å²) in [6.07, 6.45) is 7.11. The second-order valence-corrected chi connectivity index (χ2v) is 5.97. The van der Waals surface area contributed by atoms with Gasteiger partial charge in [-0.15, -0.1) is 24.0 Å². The molecule has 0 saturated heterocycles. The maximum atomic E-state index is 4.33. The number of pyridine rings is 1. The number of aromatic nitrogens is 1. The summed E-state index contributed by atoms with van der Waals surface area (Å²) in [5.41, 5.74) is 3.59. The third kappa shape index (κ3) is 6.01. The molecule has 0 amide bonds. The molecule has 6 heteroatoms. The van der Waals surface area contributed by atoms with Gasteiger partial charge in [-0.2, -0.15) is 0 Å². The highest BCUT2D eigenvalue weighted by Crippen LogP contribution is 2.18. The fraction of sp³-hybridized carbons (Fsp3) is 0.300. The van der Waals surface area contributed by atoms with Crippen LogP contribution in [0.3, 0.4) is 0 Å². The van der Waals surface area contributed by atoms with E-state index in [0.29, 0.717) is 0 Å². The monoisotopic (exact) mass is 463 g/mol. The van der Waals surface area contributed by atoms with Crippen LogP contribution in [0, 0.1) is 0 Å². The minimum absolute atomic E-state index is 0. The number of hydrogen-bond donors (Lipinski definition) is 2. The van der Waals surface area contributed by atoms with Crippen molar-refractivity contribution < 1.29 is 0 Å². The molecule has 2 aromatic rings. The van der Waals surface area contributed by atoms with Crippen LogP contribution in [0.4, 0.5) is 5.69 Å². The molecule has 0 unspecified atom stereocenters. The van der Waals surface area contributed by atoms with Gasteiger partial charge in [0.2, 0.25) is 0 Å². The minimum Gasteiger partial charge on any atom is -0.364 e. The number of halogens is 1. The fourth-order valence-corrected chi connectivity index (χ4v) is 2.81. The van der Waals surface area contributed by atoms with Crippen LogP contribution >= 0.6 is 24.0 Å². The van der Waals surface area contributed by atoms with Gasteiger partial charge in [-0.3, -0.25) is 9.98 Å². The second-order valence-electron chi connectivity index (χ2n) is 5.97. The van der Waals surface area contributed by atoms with Crippen LogP contribution in [-0.2, 0) is 13.0 Å². The molecule has 0 spiro atoms. The molecule has 138 valence electrons. The van der Waals surface area contributed by atoms with Crippen LogP contribution in [0.15, 0.2) is 65.8 Å². The summed E-state index contributed by atoms with van der Waals surface area (Å²) < 4.78 is 0. The highest BCUT2D eigenvalue weighted by Gasteiger charge is 2.08. The van der Waals surface area contributed by atoms with E-state index in [9.17, 15) is 0 Å². The molecule has 5 nitrogen and oxygen atoms in total. The topological polar surface area (TPSA) is 52.6 Å². The van der Waals surface area contributed by atoms with E-state index >= 15 is 0 Å². The molecule has 3 rings (SSSR count). The summed E-state index contributed by atoms with van der Waals surface area (Å²) in [6.45, 7) is 3.54. The first-order chi connectivity index (χ1) is 12.3. The summed E-state index contributed by atoms with van der Waals surface area (Å²) in [5.74, 6) is 0.809. The Bertz CT molecular complexity index is 722. The van der Waals surface area contributed by atoms with Gasteiger partial charge >= 0.3 is 0 Å². The Kier molecular flexibility index (Phi) is 8.40. The van der Waals surface area contributed by atoms with Crippen molar-refractivity contribution in [3.63, 3.8) is 0 Å². The molecule has 1 aliphatic heterocycles. The molecule has 1 aromatic heterocycles. The summed E-state index contributed by atoms with van der Waals surface area (Å²) in [5, 5.41) is 6.71. The van der Waals surface area contributed by atoms with E-state index < -0.39 is 0 Å². The summed E-state index contributed by atoms with van der Waals surface area (Å²) >= 11 is 0. The maximum Gasteiger partial charge on any atom is 0.191 e. The summed E-state index contributed by atoms with van der Waals surface area (Å²) in [7, 11) is 1.79. The lowest BCUT2D eigenvalue weighted by molar-refractivity contribution is 0.784. The molecule has 0 saturated carbocycles. The van der Waals surface area contributed by atoms with E-state index in [2.05, 4.69) is 61.9 Å². The Morgan fingerprint density at radius 3 is 2.69 bits per heavy atom. The highest BCUT2D eigenvalue weighted by molar-refractivity contribution is 14.0. The standard InChI is InChI=1S/C20H25N5.HI/c1-21-20(23-12-10-18-8-2-3-11-22-18)24-16-17-7-6-9-19(15-17)25-13-4-5-14-25;/h2-9,11,15H,10,12-14,16H2,1H3,(H2,21,23,24);1H. The summed E-state index contributed by atoms with van der Waals surface area (Å²) in [6, 6.07) is 14.6. The Hall–Kier alpha value is -2.09. The zero-order valence-electron chi connectivity index (χ0n) is 15.1. The molecule has 0 atom stereocenters. The number of anilines is 1. The quantitative estimate of drug-likeness (QED) is 0.300. The van der Waals surface area contributed by atoms with E-state index in [1.165, 1.54) is 11.3 Å². The van der Waals surface area contributed by atoms with Gasteiger partial charge in [0.15, 0.2) is 5.96 Å². The van der Waals surface area contributed by atoms with E-state index in [-0.39, 0.29) is 24.0 Å². The lowest BCUT2D eigenvalue weighted by atomic mass is 10.2. The zero-order chi connectivity index (χ0) is 17.3.